The molecule has 30 heavy (non-hydrogen) atoms. The van der Waals surface area contributed by atoms with Crippen LogP contribution in [0.5, 0.6) is 0 Å². The zero-order valence-corrected chi connectivity index (χ0v) is 17.3. The maximum Gasteiger partial charge on any atom is 0.338 e. The first-order chi connectivity index (χ1) is 14.6. The summed E-state index contributed by atoms with van der Waals surface area (Å²) in [4.78, 5) is 26.6. The van der Waals surface area contributed by atoms with Gasteiger partial charge in [0.1, 0.15) is 0 Å². The molecule has 1 amide bonds. The first-order valence-electron chi connectivity index (χ1n) is 9.89. The second kappa shape index (κ2) is 8.71. The molecule has 4 rings (SSSR count). The van der Waals surface area contributed by atoms with Crippen LogP contribution in [0.1, 0.15) is 30.1 Å². The summed E-state index contributed by atoms with van der Waals surface area (Å²) in [6, 6.07) is 10.3. The molecule has 0 radical (unpaired) electrons. The fourth-order valence-corrected chi connectivity index (χ4v) is 3.81. The number of ether oxygens (including phenoxy) is 1. The number of hydrogen-bond acceptors (Lipinski definition) is 6. The van der Waals surface area contributed by atoms with E-state index in [0.29, 0.717) is 41.0 Å². The number of amides is 1. The molecular weight excluding hydrogens is 406 g/mol. The summed E-state index contributed by atoms with van der Waals surface area (Å²) in [7, 11) is 0. The highest BCUT2D eigenvalue weighted by atomic mass is 35.5. The Morgan fingerprint density at radius 1 is 1.23 bits per heavy atom. The first kappa shape index (κ1) is 20.2. The van der Waals surface area contributed by atoms with Gasteiger partial charge in [-0.05, 0) is 56.2 Å². The van der Waals surface area contributed by atoms with Gasteiger partial charge in [0.15, 0.2) is 5.65 Å². The van der Waals surface area contributed by atoms with E-state index in [-0.39, 0.29) is 17.8 Å². The number of carbonyl (C=O) groups is 2. The summed E-state index contributed by atoms with van der Waals surface area (Å²) < 4.78 is 6.82. The highest BCUT2D eigenvalue weighted by Gasteiger charge is 2.28. The van der Waals surface area contributed by atoms with Crippen molar-refractivity contribution in [2.24, 2.45) is 5.92 Å². The summed E-state index contributed by atoms with van der Waals surface area (Å²) in [5.74, 6) is 0.0631. The Balaban J connectivity index is 1.43. The van der Waals surface area contributed by atoms with E-state index >= 15 is 0 Å². The van der Waals surface area contributed by atoms with Crippen molar-refractivity contribution in [1.82, 2.24) is 14.6 Å². The molecule has 1 aliphatic rings. The van der Waals surface area contributed by atoms with E-state index in [2.05, 4.69) is 20.4 Å². The van der Waals surface area contributed by atoms with Crippen molar-refractivity contribution in [2.45, 2.75) is 19.8 Å². The number of nitrogens with one attached hydrogen (secondary N) is 1. The smallest absolute Gasteiger partial charge is 0.338 e. The molecule has 2 aromatic heterocycles. The molecule has 3 aromatic rings. The summed E-state index contributed by atoms with van der Waals surface area (Å²) in [6.45, 7) is 3.42. The lowest BCUT2D eigenvalue weighted by Crippen LogP contribution is -2.41. The Morgan fingerprint density at radius 3 is 2.80 bits per heavy atom. The molecule has 8 nitrogen and oxygen atoms in total. The number of hydrogen-bond donors (Lipinski definition) is 1. The topological polar surface area (TPSA) is 88.8 Å². The summed E-state index contributed by atoms with van der Waals surface area (Å²) in [6.07, 6.45) is 3.53. The highest BCUT2D eigenvalue weighted by Crippen LogP contribution is 2.25. The van der Waals surface area contributed by atoms with Crippen molar-refractivity contribution < 1.29 is 14.3 Å². The lowest BCUT2D eigenvalue weighted by atomic mass is 9.97. The Bertz CT molecular complexity index is 1070. The third-order valence-electron chi connectivity index (χ3n) is 5.11. The Labute approximate surface area is 178 Å². The van der Waals surface area contributed by atoms with Gasteiger partial charge in [-0.1, -0.05) is 11.6 Å². The fraction of sp³-hybridized carbons (Fsp3) is 0.333. The zero-order chi connectivity index (χ0) is 21.1. The molecule has 9 heteroatoms. The van der Waals surface area contributed by atoms with Crippen LogP contribution in [-0.4, -0.2) is 46.2 Å². The van der Waals surface area contributed by atoms with Crippen LogP contribution in [-0.2, 0) is 9.53 Å². The van der Waals surface area contributed by atoms with Crippen LogP contribution in [0.25, 0.3) is 5.65 Å². The van der Waals surface area contributed by atoms with Gasteiger partial charge in [0.2, 0.25) is 11.9 Å². The first-order valence-corrected chi connectivity index (χ1v) is 10.3. The van der Waals surface area contributed by atoms with Crippen LogP contribution in [0.15, 0.2) is 42.6 Å². The molecule has 1 N–H and O–H groups in total. The van der Waals surface area contributed by atoms with E-state index in [9.17, 15) is 9.59 Å². The Kier molecular flexibility index (Phi) is 5.85. The number of pyridine rings is 1. The number of anilines is 2. The maximum absolute atomic E-state index is 12.8. The van der Waals surface area contributed by atoms with E-state index in [4.69, 9.17) is 16.3 Å². The second-order valence-electron chi connectivity index (χ2n) is 7.12. The van der Waals surface area contributed by atoms with Gasteiger partial charge >= 0.3 is 5.97 Å². The molecule has 1 atom stereocenters. The molecule has 0 aliphatic carbocycles. The van der Waals surface area contributed by atoms with Gasteiger partial charge in [-0.2, -0.15) is 0 Å². The third-order valence-corrected chi connectivity index (χ3v) is 5.40. The van der Waals surface area contributed by atoms with E-state index in [0.717, 1.165) is 19.4 Å². The number of halogens is 1. The fourth-order valence-electron chi connectivity index (χ4n) is 3.61. The molecule has 1 fully saturated rings. The number of esters is 1. The minimum absolute atomic E-state index is 0.0598. The molecule has 1 unspecified atom stereocenters. The van der Waals surface area contributed by atoms with Crippen molar-refractivity contribution in [1.29, 1.82) is 0 Å². The summed E-state index contributed by atoms with van der Waals surface area (Å²) in [5, 5.41) is 11.9. The highest BCUT2D eigenvalue weighted by molar-refractivity contribution is 6.33. The number of piperidine rings is 1. The largest absolute Gasteiger partial charge is 0.462 e. The number of nitrogens with zero attached hydrogens (tertiary/aromatic N) is 4. The third kappa shape index (κ3) is 4.09. The predicted molar refractivity (Wildman–Crippen MR) is 114 cm³/mol. The minimum atomic E-state index is -0.376. The number of rotatable bonds is 5. The average molecular weight is 428 g/mol. The van der Waals surface area contributed by atoms with Gasteiger partial charge in [-0.25, -0.2) is 4.79 Å². The van der Waals surface area contributed by atoms with Crippen molar-refractivity contribution in [3.05, 3.63) is 53.2 Å². The van der Waals surface area contributed by atoms with Crippen LogP contribution < -0.4 is 10.2 Å². The molecule has 0 bridgehead atoms. The van der Waals surface area contributed by atoms with Gasteiger partial charge in [0.05, 0.1) is 23.1 Å². The molecule has 156 valence electrons. The summed E-state index contributed by atoms with van der Waals surface area (Å²) in [5.41, 5.74) is 1.70. The van der Waals surface area contributed by atoms with E-state index in [1.54, 1.807) is 37.3 Å². The van der Waals surface area contributed by atoms with E-state index in [1.165, 1.54) is 0 Å². The average Bonchev–Trinajstić information content (AvgIpc) is 3.20. The lowest BCUT2D eigenvalue weighted by Gasteiger charge is -2.32. The van der Waals surface area contributed by atoms with Crippen molar-refractivity contribution in [2.75, 3.05) is 29.9 Å². The van der Waals surface area contributed by atoms with Crippen molar-refractivity contribution >= 4 is 40.8 Å². The molecule has 1 aliphatic heterocycles. The summed E-state index contributed by atoms with van der Waals surface area (Å²) >= 11 is 6.19. The normalized spacial score (nSPS) is 16.5. The molecule has 3 heterocycles. The SMILES string of the molecule is CCOC(=O)c1ccc(NC(=O)C2CCCN(c3nnc4c(Cl)cccn34)C2)cc1. The van der Waals surface area contributed by atoms with Crippen molar-refractivity contribution in [3.8, 4) is 0 Å². The number of carbonyl (C=O) groups excluding carboxylic acids is 2. The van der Waals surface area contributed by atoms with Crippen LogP contribution in [0.2, 0.25) is 5.02 Å². The van der Waals surface area contributed by atoms with Gasteiger partial charge < -0.3 is 15.0 Å². The van der Waals surface area contributed by atoms with Gasteiger partial charge in [0, 0.05) is 25.0 Å². The van der Waals surface area contributed by atoms with Gasteiger partial charge in [-0.15, -0.1) is 10.2 Å². The van der Waals surface area contributed by atoms with Crippen LogP contribution in [0.3, 0.4) is 0 Å². The Morgan fingerprint density at radius 2 is 2.03 bits per heavy atom. The lowest BCUT2D eigenvalue weighted by molar-refractivity contribution is -0.120. The minimum Gasteiger partial charge on any atom is -0.462 e. The van der Waals surface area contributed by atoms with Gasteiger partial charge in [0.25, 0.3) is 0 Å². The molecule has 0 saturated carbocycles. The quantitative estimate of drug-likeness (QED) is 0.627. The van der Waals surface area contributed by atoms with Crippen molar-refractivity contribution in [3.63, 3.8) is 0 Å². The van der Waals surface area contributed by atoms with E-state index in [1.807, 2.05) is 16.7 Å². The molecule has 1 saturated heterocycles. The number of aromatic nitrogens is 3. The number of benzene rings is 1. The monoisotopic (exact) mass is 427 g/mol. The van der Waals surface area contributed by atoms with Gasteiger partial charge in [-0.3, -0.25) is 9.20 Å². The predicted octanol–water partition coefficient (Wildman–Crippen LogP) is 3.41. The van der Waals surface area contributed by atoms with Crippen LogP contribution in [0, 0.1) is 5.92 Å². The second-order valence-corrected chi connectivity index (χ2v) is 7.53. The molecule has 0 spiro atoms. The number of fused-ring (bicyclic) bond motifs is 1. The zero-order valence-electron chi connectivity index (χ0n) is 16.5. The van der Waals surface area contributed by atoms with E-state index < -0.39 is 0 Å². The standard InChI is InChI=1S/C21H22ClN5O3/c1-2-30-20(29)14-7-9-16(10-8-14)23-19(28)15-5-3-11-26(13-15)21-25-24-18-17(22)6-4-12-27(18)21/h4,6-10,12,15H,2-3,5,11,13H2,1H3,(H,23,28). The Hall–Kier alpha value is -3.13. The maximum atomic E-state index is 12.8. The van der Waals surface area contributed by atoms with Crippen LogP contribution >= 0.6 is 11.6 Å². The molecular formula is C21H22ClN5O3. The van der Waals surface area contributed by atoms with Crippen LogP contribution in [0.4, 0.5) is 11.6 Å². The molecule has 1 aromatic carbocycles.